The van der Waals surface area contributed by atoms with Crippen molar-refractivity contribution in [3.05, 3.63) is 28.8 Å². The normalized spacial score (nSPS) is 13.9. The van der Waals surface area contributed by atoms with E-state index in [1.165, 1.54) is 0 Å². The highest BCUT2D eigenvalue weighted by Gasteiger charge is 2.31. The summed E-state index contributed by atoms with van der Waals surface area (Å²) in [5.74, 6) is 1.07. The number of hydrogen-bond donors (Lipinski definition) is 1. The Morgan fingerprint density at radius 1 is 1.15 bits per heavy atom. The van der Waals surface area contributed by atoms with Crippen molar-refractivity contribution in [2.45, 2.75) is 64.9 Å². The standard InChI is InChI=1S/C20H29ClN2O3S/c1-12(2)26-17-11-16-13(10-15(17)21)9-14(18(22-16)25-8)20(6,7)23-27(24)19(3,4)5/h9-12,23H,1-8H3/t27-/m0/s1. The van der Waals surface area contributed by atoms with Gasteiger partial charge in [-0.05, 0) is 60.6 Å². The number of halogens is 1. The Bertz CT molecular complexity index is 860. The predicted molar refractivity (Wildman–Crippen MR) is 113 cm³/mol. The highest BCUT2D eigenvalue weighted by atomic mass is 35.5. The third-order valence-corrected chi connectivity index (χ3v) is 6.07. The molecule has 0 bridgehead atoms. The Morgan fingerprint density at radius 2 is 1.78 bits per heavy atom. The summed E-state index contributed by atoms with van der Waals surface area (Å²) in [4.78, 5) is 4.64. The molecular formula is C20H29ClN2O3S. The molecule has 2 rings (SSSR count). The molecule has 150 valence electrons. The predicted octanol–water partition coefficient (Wildman–Crippen LogP) is 4.97. The molecule has 0 fully saturated rings. The number of benzene rings is 1. The molecule has 0 saturated carbocycles. The van der Waals surface area contributed by atoms with Gasteiger partial charge in [0.1, 0.15) is 5.75 Å². The second-order valence-corrected chi connectivity index (χ2v) is 10.7. The molecule has 27 heavy (non-hydrogen) atoms. The first-order valence-corrected chi connectivity index (χ1v) is 10.4. The molecule has 1 aromatic carbocycles. The summed E-state index contributed by atoms with van der Waals surface area (Å²) in [6.07, 6.45) is 0.0108. The molecule has 0 saturated heterocycles. The van der Waals surface area contributed by atoms with E-state index in [9.17, 15) is 4.21 Å². The van der Waals surface area contributed by atoms with Crippen LogP contribution in [0.1, 0.15) is 54.0 Å². The maximum absolute atomic E-state index is 12.6. The zero-order valence-corrected chi connectivity index (χ0v) is 18.8. The molecular weight excluding hydrogens is 384 g/mol. The molecule has 0 unspecified atom stereocenters. The lowest BCUT2D eigenvalue weighted by Gasteiger charge is -2.31. The average molecular weight is 413 g/mol. The van der Waals surface area contributed by atoms with Crippen molar-refractivity contribution in [1.29, 1.82) is 0 Å². The van der Waals surface area contributed by atoms with E-state index in [4.69, 9.17) is 21.1 Å². The maximum Gasteiger partial charge on any atom is 0.218 e. The first-order chi connectivity index (χ1) is 12.3. The van der Waals surface area contributed by atoms with Gasteiger partial charge in [-0.2, -0.15) is 0 Å². The van der Waals surface area contributed by atoms with Gasteiger partial charge in [0.05, 0.1) is 45.0 Å². The molecule has 1 atom stereocenters. The molecule has 0 aliphatic carbocycles. The third kappa shape index (κ3) is 5.12. The van der Waals surface area contributed by atoms with Crippen LogP contribution in [0.3, 0.4) is 0 Å². The lowest BCUT2D eigenvalue weighted by molar-refractivity contribution is 0.243. The van der Waals surface area contributed by atoms with E-state index in [2.05, 4.69) is 9.71 Å². The number of nitrogens with zero attached hydrogens (tertiary/aromatic N) is 1. The van der Waals surface area contributed by atoms with Crippen molar-refractivity contribution >= 4 is 33.5 Å². The molecule has 2 aromatic rings. The maximum atomic E-state index is 12.6. The molecule has 0 radical (unpaired) electrons. The average Bonchev–Trinajstić information content (AvgIpc) is 2.52. The van der Waals surface area contributed by atoms with E-state index >= 15 is 0 Å². The van der Waals surface area contributed by atoms with Gasteiger partial charge in [0, 0.05) is 17.0 Å². The molecule has 0 spiro atoms. The molecule has 0 aliphatic rings. The van der Waals surface area contributed by atoms with Crippen molar-refractivity contribution in [2.24, 2.45) is 0 Å². The highest BCUT2D eigenvalue weighted by Crippen LogP contribution is 2.36. The van der Waals surface area contributed by atoms with E-state index in [-0.39, 0.29) is 10.9 Å². The Kier molecular flexibility index (Phi) is 6.44. The summed E-state index contributed by atoms with van der Waals surface area (Å²) in [5.41, 5.74) is 0.914. The fraction of sp³-hybridized carbons (Fsp3) is 0.550. The quantitative estimate of drug-likeness (QED) is 0.727. The number of pyridine rings is 1. The zero-order chi connectivity index (χ0) is 20.6. The number of aromatic nitrogens is 1. The minimum Gasteiger partial charge on any atom is -0.489 e. The summed E-state index contributed by atoms with van der Waals surface area (Å²) in [7, 11) is 0.334. The zero-order valence-electron chi connectivity index (χ0n) is 17.3. The monoisotopic (exact) mass is 412 g/mol. The molecule has 5 nitrogen and oxygen atoms in total. The van der Waals surface area contributed by atoms with E-state index in [1.807, 2.05) is 66.7 Å². The summed E-state index contributed by atoms with van der Waals surface area (Å²) in [5, 5.41) is 1.39. The number of rotatable bonds is 6. The van der Waals surface area contributed by atoms with Gasteiger partial charge in [-0.15, -0.1) is 0 Å². The Morgan fingerprint density at radius 3 is 2.30 bits per heavy atom. The first-order valence-electron chi connectivity index (χ1n) is 8.90. The smallest absolute Gasteiger partial charge is 0.218 e. The van der Waals surface area contributed by atoms with Crippen LogP contribution in [0.15, 0.2) is 18.2 Å². The number of nitrogens with one attached hydrogen (secondary N) is 1. The van der Waals surface area contributed by atoms with Crippen LogP contribution < -0.4 is 14.2 Å². The molecule has 0 amide bonds. The van der Waals surface area contributed by atoms with Crippen molar-refractivity contribution < 1.29 is 13.7 Å². The van der Waals surface area contributed by atoms with Crippen LogP contribution in [0.5, 0.6) is 11.6 Å². The second-order valence-electron chi connectivity index (χ2n) is 8.30. The largest absolute Gasteiger partial charge is 0.489 e. The minimum atomic E-state index is -1.25. The van der Waals surface area contributed by atoms with Crippen LogP contribution in [0, 0.1) is 0 Å². The summed E-state index contributed by atoms with van der Waals surface area (Å²) in [6, 6.07) is 5.62. The van der Waals surface area contributed by atoms with Gasteiger partial charge in [-0.1, -0.05) is 11.6 Å². The van der Waals surface area contributed by atoms with Crippen LogP contribution in [0.25, 0.3) is 10.9 Å². The molecule has 1 N–H and O–H groups in total. The van der Waals surface area contributed by atoms with Crippen LogP contribution in [0.4, 0.5) is 0 Å². The van der Waals surface area contributed by atoms with Crippen molar-refractivity contribution in [2.75, 3.05) is 7.11 Å². The number of ether oxygens (including phenoxy) is 2. The Balaban J connectivity index is 2.55. The van der Waals surface area contributed by atoms with E-state index in [0.717, 1.165) is 16.5 Å². The van der Waals surface area contributed by atoms with E-state index in [1.54, 1.807) is 7.11 Å². The minimum absolute atomic E-state index is 0.0108. The number of fused-ring (bicyclic) bond motifs is 1. The number of methoxy groups -OCH3 is 1. The second kappa shape index (κ2) is 7.94. The molecule has 7 heteroatoms. The lowest BCUT2D eigenvalue weighted by Crippen LogP contribution is -2.44. The van der Waals surface area contributed by atoms with Crippen molar-refractivity contribution in [1.82, 2.24) is 9.71 Å². The number of hydrogen-bond acceptors (Lipinski definition) is 4. The Hall–Kier alpha value is -1.37. The fourth-order valence-electron chi connectivity index (χ4n) is 2.54. The summed E-state index contributed by atoms with van der Waals surface area (Å²) < 4.78 is 26.7. The van der Waals surface area contributed by atoms with Crippen LogP contribution >= 0.6 is 11.6 Å². The van der Waals surface area contributed by atoms with Crippen LogP contribution in [-0.2, 0) is 16.5 Å². The van der Waals surface area contributed by atoms with Crippen molar-refractivity contribution in [3.8, 4) is 11.6 Å². The molecule has 1 aromatic heterocycles. The highest BCUT2D eigenvalue weighted by molar-refractivity contribution is 7.84. The third-order valence-electron chi connectivity index (χ3n) is 3.97. The molecule has 1 heterocycles. The van der Waals surface area contributed by atoms with Gasteiger partial charge in [0.25, 0.3) is 0 Å². The van der Waals surface area contributed by atoms with Gasteiger partial charge in [-0.3, -0.25) is 0 Å². The van der Waals surface area contributed by atoms with E-state index in [0.29, 0.717) is 16.7 Å². The van der Waals surface area contributed by atoms with Gasteiger partial charge < -0.3 is 9.47 Å². The topological polar surface area (TPSA) is 60.5 Å². The first kappa shape index (κ1) is 21.9. The summed E-state index contributed by atoms with van der Waals surface area (Å²) in [6.45, 7) is 13.6. The van der Waals surface area contributed by atoms with Crippen LogP contribution in [0.2, 0.25) is 5.02 Å². The lowest BCUT2D eigenvalue weighted by atomic mass is 9.95. The Labute approximate surface area is 169 Å². The summed E-state index contributed by atoms with van der Waals surface area (Å²) >= 11 is 6.38. The van der Waals surface area contributed by atoms with Crippen LogP contribution in [-0.4, -0.2) is 27.2 Å². The van der Waals surface area contributed by atoms with Gasteiger partial charge in [0.2, 0.25) is 5.88 Å². The van der Waals surface area contributed by atoms with Gasteiger partial charge >= 0.3 is 0 Å². The van der Waals surface area contributed by atoms with Gasteiger partial charge in [-0.25, -0.2) is 13.9 Å². The fourth-order valence-corrected chi connectivity index (χ4v) is 3.64. The van der Waals surface area contributed by atoms with E-state index < -0.39 is 16.5 Å². The SMILES string of the molecule is COc1nc2cc(OC(C)C)c(Cl)cc2cc1C(C)(C)N[S@@](=O)C(C)(C)C. The molecule has 0 aliphatic heterocycles. The van der Waals surface area contributed by atoms with Crippen molar-refractivity contribution in [3.63, 3.8) is 0 Å². The van der Waals surface area contributed by atoms with Gasteiger partial charge in [0.15, 0.2) is 0 Å².